The lowest BCUT2D eigenvalue weighted by atomic mass is 9.91. The minimum Gasteiger partial charge on any atom is -0.388 e. The van der Waals surface area contributed by atoms with Gasteiger partial charge in [0.05, 0.1) is 18.3 Å². The van der Waals surface area contributed by atoms with Crippen LogP contribution in [0.5, 0.6) is 0 Å². The number of likely N-dealkylation sites (tertiary alicyclic amines) is 1. The number of amides is 1. The fraction of sp³-hybridized carbons (Fsp3) is 0.933. The van der Waals surface area contributed by atoms with E-state index in [-0.39, 0.29) is 18.6 Å². The van der Waals surface area contributed by atoms with Crippen molar-refractivity contribution in [2.75, 3.05) is 46.5 Å². The van der Waals surface area contributed by atoms with Gasteiger partial charge in [-0.15, -0.1) is 0 Å². The van der Waals surface area contributed by atoms with Gasteiger partial charge in [-0.05, 0) is 39.2 Å². The van der Waals surface area contributed by atoms with Gasteiger partial charge in [0.1, 0.15) is 6.61 Å². The molecule has 21 heavy (non-hydrogen) atoms. The van der Waals surface area contributed by atoms with Crippen LogP contribution in [0.2, 0.25) is 0 Å². The molecule has 0 unspecified atom stereocenters. The summed E-state index contributed by atoms with van der Waals surface area (Å²) in [6.07, 6.45) is 4.81. The van der Waals surface area contributed by atoms with Crippen LogP contribution in [0, 0.1) is 0 Å². The third kappa shape index (κ3) is 5.90. The topological polar surface area (TPSA) is 71.0 Å². The van der Waals surface area contributed by atoms with Gasteiger partial charge >= 0.3 is 0 Å². The molecule has 0 aromatic rings. The molecule has 0 aromatic heterocycles. The van der Waals surface area contributed by atoms with E-state index in [4.69, 9.17) is 9.47 Å². The summed E-state index contributed by atoms with van der Waals surface area (Å²) < 4.78 is 10.9. The highest BCUT2D eigenvalue weighted by Crippen LogP contribution is 2.20. The molecule has 0 spiro atoms. The van der Waals surface area contributed by atoms with E-state index in [2.05, 4.69) is 10.2 Å². The molecule has 0 aliphatic carbocycles. The number of hydrogen-bond donors (Lipinski definition) is 2. The van der Waals surface area contributed by atoms with E-state index in [0.717, 1.165) is 32.5 Å². The first-order valence-corrected chi connectivity index (χ1v) is 7.94. The van der Waals surface area contributed by atoms with Crippen LogP contribution in [0.25, 0.3) is 0 Å². The molecule has 2 heterocycles. The van der Waals surface area contributed by atoms with Crippen molar-refractivity contribution in [1.82, 2.24) is 10.2 Å². The van der Waals surface area contributed by atoms with Crippen molar-refractivity contribution in [3.63, 3.8) is 0 Å². The molecule has 2 fully saturated rings. The molecule has 1 amide bonds. The highest BCUT2D eigenvalue weighted by Gasteiger charge is 2.31. The number of nitrogens with zero attached hydrogens (tertiary/aromatic N) is 1. The third-order valence-electron chi connectivity index (χ3n) is 4.34. The molecule has 122 valence electrons. The zero-order valence-corrected chi connectivity index (χ0v) is 13.0. The van der Waals surface area contributed by atoms with Crippen LogP contribution in [0.15, 0.2) is 0 Å². The minimum absolute atomic E-state index is 0.0375. The molecular weight excluding hydrogens is 272 g/mol. The minimum atomic E-state index is -0.769. The van der Waals surface area contributed by atoms with Crippen LogP contribution in [-0.2, 0) is 14.3 Å². The number of hydrogen-bond acceptors (Lipinski definition) is 5. The molecular formula is C15H28N2O4. The average Bonchev–Trinajstić information content (AvgIpc) is 2.50. The Labute approximate surface area is 126 Å². The number of aliphatic hydroxyl groups is 1. The quantitative estimate of drug-likeness (QED) is 0.730. The van der Waals surface area contributed by atoms with Gasteiger partial charge in [0, 0.05) is 26.2 Å². The number of carbonyl (C=O) groups is 1. The summed E-state index contributed by atoms with van der Waals surface area (Å²) in [7, 11) is 2.04. The van der Waals surface area contributed by atoms with Crippen LogP contribution < -0.4 is 5.32 Å². The molecule has 2 saturated heterocycles. The first kappa shape index (κ1) is 16.7. The molecule has 0 saturated carbocycles. The van der Waals surface area contributed by atoms with Crippen molar-refractivity contribution in [2.45, 2.75) is 43.8 Å². The summed E-state index contributed by atoms with van der Waals surface area (Å²) in [6, 6.07) is 0. The summed E-state index contributed by atoms with van der Waals surface area (Å²) in [4.78, 5) is 13.9. The zero-order valence-electron chi connectivity index (χ0n) is 13.0. The second-order valence-electron chi connectivity index (χ2n) is 6.31. The van der Waals surface area contributed by atoms with Gasteiger partial charge in [-0.1, -0.05) is 0 Å². The number of nitrogens with one attached hydrogen (secondary N) is 1. The Morgan fingerprint density at radius 3 is 2.86 bits per heavy atom. The van der Waals surface area contributed by atoms with E-state index in [1.54, 1.807) is 0 Å². The fourth-order valence-corrected chi connectivity index (χ4v) is 2.75. The Morgan fingerprint density at radius 2 is 2.19 bits per heavy atom. The van der Waals surface area contributed by atoms with E-state index in [9.17, 15) is 9.90 Å². The molecule has 2 N–H and O–H groups in total. The van der Waals surface area contributed by atoms with Crippen molar-refractivity contribution in [3.8, 4) is 0 Å². The van der Waals surface area contributed by atoms with E-state index >= 15 is 0 Å². The van der Waals surface area contributed by atoms with Gasteiger partial charge in [-0.3, -0.25) is 4.79 Å². The smallest absolute Gasteiger partial charge is 0.246 e. The van der Waals surface area contributed by atoms with Gasteiger partial charge in [0.15, 0.2) is 0 Å². The molecule has 2 aliphatic heterocycles. The molecule has 2 aliphatic rings. The Hall–Kier alpha value is -0.690. The second kappa shape index (κ2) is 8.08. The van der Waals surface area contributed by atoms with Gasteiger partial charge in [-0.25, -0.2) is 0 Å². The van der Waals surface area contributed by atoms with Crippen molar-refractivity contribution in [1.29, 1.82) is 0 Å². The SMILES string of the molecule is CN1CCC(O)(CNC(=O)COC[C@@H]2CCCCO2)CC1. The highest BCUT2D eigenvalue weighted by atomic mass is 16.5. The van der Waals surface area contributed by atoms with E-state index in [1.165, 1.54) is 6.42 Å². The summed E-state index contributed by atoms with van der Waals surface area (Å²) in [6.45, 7) is 3.34. The van der Waals surface area contributed by atoms with E-state index in [0.29, 0.717) is 26.0 Å². The second-order valence-corrected chi connectivity index (χ2v) is 6.31. The Bertz CT molecular complexity index is 324. The molecule has 0 radical (unpaired) electrons. The normalized spacial score (nSPS) is 26.5. The first-order chi connectivity index (χ1) is 10.1. The monoisotopic (exact) mass is 300 g/mol. The van der Waals surface area contributed by atoms with Gasteiger partial charge < -0.3 is 24.8 Å². The predicted molar refractivity (Wildman–Crippen MR) is 79.1 cm³/mol. The van der Waals surface area contributed by atoms with Crippen LogP contribution in [0.3, 0.4) is 0 Å². The Morgan fingerprint density at radius 1 is 1.43 bits per heavy atom. The molecule has 0 aromatic carbocycles. The van der Waals surface area contributed by atoms with Crippen molar-refractivity contribution < 1.29 is 19.4 Å². The van der Waals surface area contributed by atoms with Crippen LogP contribution >= 0.6 is 0 Å². The lowest BCUT2D eigenvalue weighted by molar-refractivity contribution is -0.129. The van der Waals surface area contributed by atoms with E-state index in [1.807, 2.05) is 7.05 Å². The van der Waals surface area contributed by atoms with Gasteiger partial charge in [0.2, 0.25) is 5.91 Å². The number of ether oxygens (including phenoxy) is 2. The van der Waals surface area contributed by atoms with E-state index < -0.39 is 5.60 Å². The van der Waals surface area contributed by atoms with Gasteiger partial charge in [0.25, 0.3) is 0 Å². The zero-order chi connectivity index (χ0) is 15.1. The summed E-state index contributed by atoms with van der Waals surface area (Å²) >= 11 is 0. The summed E-state index contributed by atoms with van der Waals surface area (Å²) in [5.41, 5.74) is -0.769. The Balaban J connectivity index is 1.56. The number of piperidine rings is 1. The maximum absolute atomic E-state index is 11.7. The number of rotatable bonds is 6. The number of carbonyl (C=O) groups excluding carboxylic acids is 1. The first-order valence-electron chi connectivity index (χ1n) is 7.94. The molecule has 2 rings (SSSR count). The van der Waals surface area contributed by atoms with Crippen LogP contribution in [0.4, 0.5) is 0 Å². The lowest BCUT2D eigenvalue weighted by Gasteiger charge is -2.36. The van der Waals surface area contributed by atoms with Crippen molar-refractivity contribution in [3.05, 3.63) is 0 Å². The van der Waals surface area contributed by atoms with Crippen LogP contribution in [-0.4, -0.2) is 74.1 Å². The maximum Gasteiger partial charge on any atom is 0.246 e. The molecule has 1 atom stereocenters. The molecule has 6 heteroatoms. The predicted octanol–water partition coefficient (Wildman–Crippen LogP) is 0.145. The van der Waals surface area contributed by atoms with Gasteiger partial charge in [-0.2, -0.15) is 0 Å². The molecule has 0 bridgehead atoms. The largest absolute Gasteiger partial charge is 0.388 e. The van der Waals surface area contributed by atoms with Crippen LogP contribution in [0.1, 0.15) is 32.1 Å². The highest BCUT2D eigenvalue weighted by molar-refractivity contribution is 5.77. The average molecular weight is 300 g/mol. The Kier molecular flexibility index (Phi) is 6.41. The lowest BCUT2D eigenvalue weighted by Crippen LogP contribution is -2.50. The maximum atomic E-state index is 11.7. The summed E-state index contributed by atoms with van der Waals surface area (Å²) in [5, 5.41) is 13.1. The van der Waals surface area contributed by atoms with Crippen molar-refractivity contribution >= 4 is 5.91 Å². The fourth-order valence-electron chi connectivity index (χ4n) is 2.75. The third-order valence-corrected chi connectivity index (χ3v) is 4.34. The standard InChI is InChI=1S/C15H28N2O4/c1-17-7-5-15(19,6-8-17)12-16-14(18)11-20-10-13-4-2-3-9-21-13/h13,19H,2-12H2,1H3,(H,16,18)/t13-/m0/s1. The summed E-state index contributed by atoms with van der Waals surface area (Å²) in [5.74, 6) is -0.168. The van der Waals surface area contributed by atoms with Crippen molar-refractivity contribution in [2.24, 2.45) is 0 Å². The molecule has 6 nitrogen and oxygen atoms in total.